The Morgan fingerprint density at radius 1 is 1.27 bits per heavy atom. The minimum Gasteiger partial charge on any atom is -0.493 e. The Morgan fingerprint density at radius 3 is 2.68 bits per heavy atom. The Kier molecular flexibility index (Phi) is 5.83. The number of piperidine rings is 1. The standard InChI is InChI=1S/C18H28N2O2/c1-14-4-5-16(12-15(14)2)22-11-6-17(21)20-13-18(3)7-9-19-10-8-18/h4-5,12,19H,6-11,13H2,1-3H3,(H,20,21). The number of benzene rings is 1. The molecule has 122 valence electrons. The van der Waals surface area contributed by atoms with Crippen molar-refractivity contribution in [1.82, 2.24) is 10.6 Å². The van der Waals surface area contributed by atoms with Crippen LogP contribution in [0.4, 0.5) is 0 Å². The second-order valence-electron chi connectivity index (χ2n) is 6.68. The maximum Gasteiger partial charge on any atom is 0.223 e. The van der Waals surface area contributed by atoms with Gasteiger partial charge in [0.15, 0.2) is 0 Å². The molecule has 1 fully saturated rings. The minimum absolute atomic E-state index is 0.0728. The van der Waals surface area contributed by atoms with E-state index in [2.05, 4.69) is 31.4 Å². The quantitative estimate of drug-likeness (QED) is 0.849. The summed E-state index contributed by atoms with van der Waals surface area (Å²) in [5, 5.41) is 6.41. The Morgan fingerprint density at radius 2 is 2.00 bits per heavy atom. The highest BCUT2D eigenvalue weighted by molar-refractivity contribution is 5.76. The van der Waals surface area contributed by atoms with Crippen LogP contribution in [0.3, 0.4) is 0 Å². The Labute approximate surface area is 133 Å². The first-order valence-electron chi connectivity index (χ1n) is 8.16. The average Bonchev–Trinajstić information content (AvgIpc) is 2.50. The summed E-state index contributed by atoms with van der Waals surface area (Å²) in [7, 11) is 0. The molecule has 1 amide bonds. The lowest BCUT2D eigenvalue weighted by molar-refractivity contribution is -0.122. The van der Waals surface area contributed by atoms with Gasteiger partial charge in [0.1, 0.15) is 5.75 Å². The molecule has 0 atom stereocenters. The van der Waals surface area contributed by atoms with E-state index >= 15 is 0 Å². The van der Waals surface area contributed by atoms with Crippen LogP contribution in [0.2, 0.25) is 0 Å². The fourth-order valence-corrected chi connectivity index (χ4v) is 2.67. The van der Waals surface area contributed by atoms with Gasteiger partial charge in [-0.3, -0.25) is 4.79 Å². The van der Waals surface area contributed by atoms with Gasteiger partial charge in [-0.05, 0) is 68.5 Å². The molecule has 0 bridgehead atoms. The zero-order chi connectivity index (χ0) is 16.0. The SMILES string of the molecule is Cc1ccc(OCCC(=O)NCC2(C)CCNCC2)cc1C. The first-order chi connectivity index (χ1) is 10.5. The summed E-state index contributed by atoms with van der Waals surface area (Å²) < 4.78 is 5.66. The van der Waals surface area contributed by atoms with E-state index in [9.17, 15) is 4.79 Å². The number of rotatable bonds is 6. The van der Waals surface area contributed by atoms with Crippen LogP contribution in [0.5, 0.6) is 5.75 Å². The van der Waals surface area contributed by atoms with E-state index in [1.165, 1.54) is 11.1 Å². The molecule has 0 aromatic heterocycles. The van der Waals surface area contributed by atoms with Gasteiger partial charge in [0.05, 0.1) is 13.0 Å². The van der Waals surface area contributed by atoms with Gasteiger partial charge in [0.25, 0.3) is 0 Å². The largest absolute Gasteiger partial charge is 0.493 e. The van der Waals surface area contributed by atoms with Crippen LogP contribution in [0.25, 0.3) is 0 Å². The molecule has 2 rings (SSSR count). The molecule has 0 spiro atoms. The summed E-state index contributed by atoms with van der Waals surface area (Å²) in [4.78, 5) is 11.9. The summed E-state index contributed by atoms with van der Waals surface area (Å²) in [6, 6.07) is 6.02. The number of hydrogen-bond donors (Lipinski definition) is 2. The maximum atomic E-state index is 11.9. The van der Waals surface area contributed by atoms with Crippen molar-refractivity contribution in [3.05, 3.63) is 29.3 Å². The molecule has 2 N–H and O–H groups in total. The zero-order valence-electron chi connectivity index (χ0n) is 14.0. The Hall–Kier alpha value is -1.55. The predicted octanol–water partition coefficient (Wildman–Crippen LogP) is 2.58. The Bertz CT molecular complexity index is 508. The molecule has 1 aliphatic heterocycles. The number of amides is 1. The van der Waals surface area contributed by atoms with E-state index in [4.69, 9.17) is 4.74 Å². The third-order valence-electron chi connectivity index (χ3n) is 4.60. The van der Waals surface area contributed by atoms with Crippen LogP contribution in [0, 0.1) is 19.3 Å². The van der Waals surface area contributed by atoms with Crippen LogP contribution in [0.15, 0.2) is 18.2 Å². The highest BCUT2D eigenvalue weighted by atomic mass is 16.5. The van der Waals surface area contributed by atoms with Crippen molar-refractivity contribution in [2.24, 2.45) is 5.41 Å². The molecule has 1 saturated heterocycles. The normalized spacial score (nSPS) is 17.0. The lowest BCUT2D eigenvalue weighted by atomic mass is 9.81. The van der Waals surface area contributed by atoms with E-state index < -0.39 is 0 Å². The predicted molar refractivity (Wildman–Crippen MR) is 89.2 cm³/mol. The average molecular weight is 304 g/mol. The molecule has 0 unspecified atom stereocenters. The van der Waals surface area contributed by atoms with E-state index in [1.54, 1.807) is 0 Å². The van der Waals surface area contributed by atoms with E-state index in [0.29, 0.717) is 13.0 Å². The molecule has 4 heteroatoms. The number of carbonyl (C=O) groups is 1. The smallest absolute Gasteiger partial charge is 0.223 e. The molecule has 4 nitrogen and oxygen atoms in total. The molecule has 0 saturated carbocycles. The number of hydrogen-bond acceptors (Lipinski definition) is 3. The highest BCUT2D eigenvalue weighted by Gasteiger charge is 2.26. The summed E-state index contributed by atoms with van der Waals surface area (Å²) in [6.07, 6.45) is 2.64. The number of aryl methyl sites for hydroxylation is 2. The number of nitrogens with one attached hydrogen (secondary N) is 2. The van der Waals surface area contributed by atoms with Gasteiger partial charge in [-0.1, -0.05) is 13.0 Å². The van der Waals surface area contributed by atoms with Gasteiger partial charge < -0.3 is 15.4 Å². The Balaban J connectivity index is 1.68. The van der Waals surface area contributed by atoms with Gasteiger partial charge in [-0.15, -0.1) is 0 Å². The second-order valence-corrected chi connectivity index (χ2v) is 6.68. The molecule has 1 heterocycles. The van der Waals surface area contributed by atoms with Gasteiger partial charge >= 0.3 is 0 Å². The van der Waals surface area contributed by atoms with Crippen molar-refractivity contribution in [3.8, 4) is 5.75 Å². The van der Waals surface area contributed by atoms with Crippen molar-refractivity contribution in [1.29, 1.82) is 0 Å². The second kappa shape index (κ2) is 7.63. The zero-order valence-corrected chi connectivity index (χ0v) is 14.0. The number of carbonyl (C=O) groups excluding carboxylic acids is 1. The van der Waals surface area contributed by atoms with Crippen LogP contribution in [0.1, 0.15) is 37.3 Å². The fraction of sp³-hybridized carbons (Fsp3) is 0.611. The van der Waals surface area contributed by atoms with Crippen molar-refractivity contribution >= 4 is 5.91 Å². The first-order valence-corrected chi connectivity index (χ1v) is 8.16. The molecule has 22 heavy (non-hydrogen) atoms. The summed E-state index contributed by atoms with van der Waals surface area (Å²) >= 11 is 0. The monoisotopic (exact) mass is 304 g/mol. The third kappa shape index (κ3) is 5.02. The van der Waals surface area contributed by atoms with Crippen LogP contribution >= 0.6 is 0 Å². The van der Waals surface area contributed by atoms with Gasteiger partial charge in [-0.2, -0.15) is 0 Å². The minimum atomic E-state index is 0.0728. The van der Waals surface area contributed by atoms with Crippen LogP contribution < -0.4 is 15.4 Å². The molecule has 1 aromatic rings. The fourth-order valence-electron chi connectivity index (χ4n) is 2.67. The molecular weight excluding hydrogens is 276 g/mol. The van der Waals surface area contributed by atoms with Gasteiger partial charge in [0.2, 0.25) is 5.91 Å². The molecule has 0 radical (unpaired) electrons. The van der Waals surface area contributed by atoms with Gasteiger partial charge in [-0.25, -0.2) is 0 Å². The molecule has 0 aliphatic carbocycles. The molecular formula is C18H28N2O2. The maximum absolute atomic E-state index is 11.9. The van der Waals surface area contributed by atoms with Crippen LogP contribution in [-0.4, -0.2) is 32.1 Å². The number of ether oxygens (including phenoxy) is 1. The van der Waals surface area contributed by atoms with E-state index in [-0.39, 0.29) is 11.3 Å². The lowest BCUT2D eigenvalue weighted by Gasteiger charge is -2.34. The topological polar surface area (TPSA) is 50.4 Å². The lowest BCUT2D eigenvalue weighted by Crippen LogP contribution is -2.43. The van der Waals surface area contributed by atoms with E-state index in [0.717, 1.165) is 38.2 Å². The van der Waals surface area contributed by atoms with Crippen molar-refractivity contribution in [2.45, 2.75) is 40.0 Å². The summed E-state index contributed by atoms with van der Waals surface area (Å²) in [5.74, 6) is 0.907. The molecule has 1 aliphatic rings. The van der Waals surface area contributed by atoms with E-state index in [1.807, 2.05) is 18.2 Å². The molecule has 1 aromatic carbocycles. The van der Waals surface area contributed by atoms with Crippen LogP contribution in [-0.2, 0) is 4.79 Å². The first kappa shape index (κ1) is 16.8. The summed E-state index contributed by atoms with van der Waals surface area (Å²) in [6.45, 7) is 9.66. The highest BCUT2D eigenvalue weighted by Crippen LogP contribution is 2.26. The van der Waals surface area contributed by atoms with Crippen molar-refractivity contribution in [3.63, 3.8) is 0 Å². The summed E-state index contributed by atoms with van der Waals surface area (Å²) in [5.41, 5.74) is 2.69. The van der Waals surface area contributed by atoms with Crippen molar-refractivity contribution < 1.29 is 9.53 Å². The van der Waals surface area contributed by atoms with Gasteiger partial charge in [0, 0.05) is 6.54 Å². The third-order valence-corrected chi connectivity index (χ3v) is 4.60. The van der Waals surface area contributed by atoms with Crippen molar-refractivity contribution in [2.75, 3.05) is 26.2 Å².